The Balaban J connectivity index is 2.67. The Morgan fingerprint density at radius 2 is 1.64 bits per heavy atom. The highest BCUT2D eigenvalue weighted by molar-refractivity contribution is 6.16. The smallest absolute Gasteiger partial charge is 0.485 e. The van der Waals surface area contributed by atoms with E-state index in [1.165, 1.54) is 0 Å². The Labute approximate surface area is 135 Å². The van der Waals surface area contributed by atoms with Crippen LogP contribution in [0.25, 0.3) is 0 Å². The van der Waals surface area contributed by atoms with Gasteiger partial charge in [-0.05, 0) is 45.4 Å². The molecular weight excluding hydrogens is 279 g/mol. The first kappa shape index (κ1) is 19.0. The minimum Gasteiger partial charge on any atom is -0.491 e. The van der Waals surface area contributed by atoms with E-state index in [-0.39, 0.29) is 11.5 Å². The molecule has 0 heterocycles. The van der Waals surface area contributed by atoms with Crippen molar-refractivity contribution in [2.45, 2.75) is 58.7 Å². The third-order valence-electron chi connectivity index (χ3n) is 4.23. The van der Waals surface area contributed by atoms with Crippen molar-refractivity contribution in [3.05, 3.63) is 29.8 Å². The average Bonchev–Trinajstić information content (AvgIpc) is 2.43. The molecule has 0 fully saturated rings. The van der Waals surface area contributed by atoms with Gasteiger partial charge < -0.3 is 19.2 Å². The molecule has 123 valence electrons. The molecule has 0 bridgehead atoms. The van der Waals surface area contributed by atoms with E-state index in [0.717, 1.165) is 19.0 Å². The second kappa shape index (κ2) is 8.00. The minimum atomic E-state index is -0.533. The molecule has 1 rings (SSSR count). The zero-order valence-electron chi connectivity index (χ0n) is 14.6. The Bertz CT molecular complexity index is 440. The fourth-order valence-electron chi connectivity index (χ4n) is 2.04. The lowest BCUT2D eigenvalue weighted by Gasteiger charge is -2.41. The van der Waals surface area contributed by atoms with Crippen LogP contribution in [-0.4, -0.2) is 37.6 Å². The molecule has 0 saturated carbocycles. The van der Waals surface area contributed by atoms with Crippen LogP contribution >= 0.6 is 0 Å². The first-order valence-electron chi connectivity index (χ1n) is 7.69. The summed E-state index contributed by atoms with van der Waals surface area (Å²) in [5, 5.41) is 8.94. The average molecular weight is 307 g/mol. The summed E-state index contributed by atoms with van der Waals surface area (Å²) in [6.07, 6.45) is 0.220. The van der Waals surface area contributed by atoms with Crippen LogP contribution in [0.2, 0.25) is 0 Å². The lowest BCUT2D eigenvalue weighted by Crippen LogP contribution is -2.45. The highest BCUT2D eigenvalue weighted by Gasteiger charge is 2.39. The van der Waals surface area contributed by atoms with Crippen molar-refractivity contribution in [3.8, 4) is 5.75 Å². The Morgan fingerprint density at radius 1 is 1.05 bits per heavy atom. The van der Waals surface area contributed by atoms with Gasteiger partial charge in [-0.25, -0.2) is 0 Å². The topological polar surface area (TPSA) is 47.9 Å². The van der Waals surface area contributed by atoms with Crippen molar-refractivity contribution in [3.63, 3.8) is 0 Å². The van der Waals surface area contributed by atoms with Crippen molar-refractivity contribution in [1.29, 1.82) is 0 Å². The molecule has 0 aliphatic heterocycles. The second-order valence-electron chi connectivity index (χ2n) is 6.65. The zero-order chi connectivity index (χ0) is 16.8. The molecule has 1 radical (unpaired) electrons. The Morgan fingerprint density at radius 3 is 2.14 bits per heavy atom. The van der Waals surface area contributed by atoms with Gasteiger partial charge in [0, 0.05) is 5.41 Å². The van der Waals surface area contributed by atoms with Crippen molar-refractivity contribution in [1.82, 2.24) is 0 Å². The van der Waals surface area contributed by atoms with E-state index in [1.54, 1.807) is 0 Å². The van der Waals surface area contributed by atoms with Crippen molar-refractivity contribution in [2.75, 3.05) is 13.2 Å². The van der Waals surface area contributed by atoms with E-state index >= 15 is 0 Å². The molecule has 1 N–H and O–H groups in total. The SMILES string of the molecule is CC(C)OCCOc1ccc(C(C)(C)C(C)(C)O[B]O)cc1. The molecule has 1 aromatic rings. The van der Waals surface area contributed by atoms with Crippen LogP contribution in [-0.2, 0) is 14.8 Å². The number of rotatable bonds is 9. The van der Waals surface area contributed by atoms with Crippen LogP contribution in [0.15, 0.2) is 24.3 Å². The van der Waals surface area contributed by atoms with E-state index < -0.39 is 5.60 Å². The monoisotopic (exact) mass is 307 g/mol. The first-order valence-corrected chi connectivity index (χ1v) is 7.69. The number of hydrogen-bond acceptors (Lipinski definition) is 4. The maximum atomic E-state index is 8.94. The van der Waals surface area contributed by atoms with E-state index in [2.05, 4.69) is 13.8 Å². The van der Waals surface area contributed by atoms with Gasteiger partial charge in [0.1, 0.15) is 12.4 Å². The summed E-state index contributed by atoms with van der Waals surface area (Å²) in [5.74, 6) is 0.819. The van der Waals surface area contributed by atoms with E-state index in [0.29, 0.717) is 13.2 Å². The molecule has 22 heavy (non-hydrogen) atoms. The summed E-state index contributed by atoms with van der Waals surface area (Å²) in [4.78, 5) is 0. The van der Waals surface area contributed by atoms with Crippen LogP contribution < -0.4 is 4.74 Å². The molecule has 0 spiro atoms. The van der Waals surface area contributed by atoms with E-state index in [4.69, 9.17) is 19.2 Å². The van der Waals surface area contributed by atoms with Crippen molar-refractivity contribution < 1.29 is 19.2 Å². The maximum absolute atomic E-state index is 8.94. The Kier molecular flexibility index (Phi) is 6.91. The maximum Gasteiger partial charge on any atom is 0.485 e. The molecule has 5 heteroatoms. The van der Waals surface area contributed by atoms with Gasteiger partial charge in [0.2, 0.25) is 0 Å². The van der Waals surface area contributed by atoms with Gasteiger partial charge in [0.05, 0.1) is 18.3 Å². The standard InChI is InChI=1S/C17H28BO4/c1-13(2)20-11-12-21-15-9-7-14(8-10-15)16(3,4)17(5,6)22-18-19/h7-10,13,19H,11-12H2,1-6H3. The molecule has 0 atom stereocenters. The van der Waals surface area contributed by atoms with Gasteiger partial charge in [-0.2, -0.15) is 0 Å². The summed E-state index contributed by atoms with van der Waals surface area (Å²) >= 11 is 0. The molecule has 1 aromatic carbocycles. The number of ether oxygens (including phenoxy) is 2. The van der Waals surface area contributed by atoms with Gasteiger partial charge in [0.25, 0.3) is 0 Å². The van der Waals surface area contributed by atoms with E-state index in [1.807, 2.05) is 52.0 Å². The van der Waals surface area contributed by atoms with Crippen LogP contribution in [0.5, 0.6) is 5.75 Å². The largest absolute Gasteiger partial charge is 0.491 e. The van der Waals surface area contributed by atoms with Crippen LogP contribution in [0.1, 0.15) is 47.1 Å². The van der Waals surface area contributed by atoms with Crippen LogP contribution in [0.4, 0.5) is 0 Å². The van der Waals surface area contributed by atoms with E-state index in [9.17, 15) is 0 Å². The van der Waals surface area contributed by atoms with Gasteiger partial charge in [-0.1, -0.05) is 26.0 Å². The molecule has 0 aromatic heterocycles. The summed E-state index contributed by atoms with van der Waals surface area (Å²) < 4.78 is 16.5. The first-order chi connectivity index (χ1) is 10.2. The summed E-state index contributed by atoms with van der Waals surface area (Å²) in [5.41, 5.74) is 0.311. The Hall–Kier alpha value is -1.04. The molecule has 0 amide bonds. The molecule has 4 nitrogen and oxygen atoms in total. The van der Waals surface area contributed by atoms with Crippen LogP contribution in [0, 0.1) is 0 Å². The number of benzene rings is 1. The van der Waals surface area contributed by atoms with Crippen molar-refractivity contribution in [2.24, 2.45) is 0 Å². The number of hydrogen-bond donors (Lipinski definition) is 1. The predicted molar refractivity (Wildman–Crippen MR) is 89.2 cm³/mol. The third kappa shape index (κ3) is 5.01. The van der Waals surface area contributed by atoms with Crippen molar-refractivity contribution >= 4 is 7.69 Å². The molecule has 0 saturated heterocycles. The van der Waals surface area contributed by atoms with Gasteiger partial charge >= 0.3 is 7.69 Å². The quantitative estimate of drug-likeness (QED) is 0.562. The van der Waals surface area contributed by atoms with Gasteiger partial charge in [-0.15, -0.1) is 0 Å². The van der Waals surface area contributed by atoms with Gasteiger partial charge in [0.15, 0.2) is 0 Å². The summed E-state index contributed by atoms with van der Waals surface area (Å²) in [6.45, 7) is 13.2. The molecule has 0 unspecified atom stereocenters. The fraction of sp³-hybridized carbons (Fsp3) is 0.647. The van der Waals surface area contributed by atoms with Gasteiger partial charge in [-0.3, -0.25) is 0 Å². The molecular formula is C17H28BO4. The highest BCUT2D eigenvalue weighted by Crippen LogP contribution is 2.37. The second-order valence-corrected chi connectivity index (χ2v) is 6.65. The lowest BCUT2D eigenvalue weighted by molar-refractivity contribution is 0.0256. The van der Waals surface area contributed by atoms with Crippen LogP contribution in [0.3, 0.4) is 0 Å². The third-order valence-corrected chi connectivity index (χ3v) is 4.23. The fourth-order valence-corrected chi connectivity index (χ4v) is 2.04. The summed E-state index contributed by atoms with van der Waals surface area (Å²) in [7, 11) is 0.758. The molecule has 0 aliphatic carbocycles. The lowest BCUT2D eigenvalue weighted by atomic mass is 9.71. The summed E-state index contributed by atoms with van der Waals surface area (Å²) in [6, 6.07) is 7.96. The minimum absolute atomic E-state index is 0.220. The highest BCUT2D eigenvalue weighted by atomic mass is 16.5. The molecule has 0 aliphatic rings. The normalized spacial score (nSPS) is 12.5. The zero-order valence-corrected chi connectivity index (χ0v) is 14.6. The predicted octanol–water partition coefficient (Wildman–Crippen LogP) is 3.09.